The van der Waals surface area contributed by atoms with Gasteiger partial charge < -0.3 is 14.8 Å². The molecule has 0 atom stereocenters. The number of unbranched alkanes of at least 4 members (excludes halogenated alkanes) is 5. The SMILES string of the molecule is CCCCCCCCOC(=O)COC1CCNCC1. The third-order valence-electron chi connectivity index (χ3n) is 3.48. The van der Waals surface area contributed by atoms with Gasteiger partial charge in [-0.2, -0.15) is 0 Å². The van der Waals surface area contributed by atoms with Gasteiger partial charge in [0.05, 0.1) is 12.7 Å². The smallest absolute Gasteiger partial charge is 0.332 e. The molecule has 0 aromatic heterocycles. The Morgan fingerprint density at radius 1 is 1.11 bits per heavy atom. The lowest BCUT2D eigenvalue weighted by Crippen LogP contribution is -2.33. The first-order valence-corrected chi connectivity index (χ1v) is 7.81. The summed E-state index contributed by atoms with van der Waals surface area (Å²) < 4.78 is 10.7. The molecule has 4 heteroatoms. The molecule has 0 aromatic rings. The number of hydrogen-bond donors (Lipinski definition) is 1. The number of esters is 1. The summed E-state index contributed by atoms with van der Waals surface area (Å²) >= 11 is 0. The molecule has 1 fully saturated rings. The van der Waals surface area contributed by atoms with Gasteiger partial charge in [-0.1, -0.05) is 39.0 Å². The van der Waals surface area contributed by atoms with Gasteiger partial charge in [-0.3, -0.25) is 0 Å². The molecule has 0 aliphatic carbocycles. The molecule has 0 amide bonds. The van der Waals surface area contributed by atoms with Crippen molar-refractivity contribution in [3.63, 3.8) is 0 Å². The summed E-state index contributed by atoms with van der Waals surface area (Å²) in [6.07, 6.45) is 9.45. The van der Waals surface area contributed by atoms with E-state index in [2.05, 4.69) is 12.2 Å². The van der Waals surface area contributed by atoms with E-state index in [1.54, 1.807) is 0 Å². The first kappa shape index (κ1) is 16.4. The molecule has 0 bridgehead atoms. The molecule has 1 N–H and O–H groups in total. The average Bonchev–Trinajstić information content (AvgIpc) is 2.45. The molecular weight excluding hydrogens is 242 g/mol. The van der Waals surface area contributed by atoms with Crippen LogP contribution in [0.2, 0.25) is 0 Å². The minimum Gasteiger partial charge on any atom is -0.464 e. The van der Waals surface area contributed by atoms with Crippen LogP contribution in [0.3, 0.4) is 0 Å². The van der Waals surface area contributed by atoms with E-state index in [0.29, 0.717) is 6.61 Å². The van der Waals surface area contributed by atoms with Gasteiger partial charge in [-0.25, -0.2) is 4.79 Å². The predicted molar refractivity (Wildman–Crippen MR) is 76.2 cm³/mol. The van der Waals surface area contributed by atoms with Crippen LogP contribution >= 0.6 is 0 Å². The predicted octanol–water partition coefficient (Wildman–Crippen LogP) is 2.66. The third kappa shape index (κ3) is 9.00. The van der Waals surface area contributed by atoms with Crippen molar-refractivity contribution in [1.82, 2.24) is 5.32 Å². The van der Waals surface area contributed by atoms with Crippen LogP contribution in [0, 0.1) is 0 Å². The fraction of sp³-hybridized carbons (Fsp3) is 0.933. The highest BCUT2D eigenvalue weighted by atomic mass is 16.6. The molecule has 112 valence electrons. The maximum Gasteiger partial charge on any atom is 0.332 e. The normalized spacial score (nSPS) is 16.5. The Labute approximate surface area is 117 Å². The van der Waals surface area contributed by atoms with Crippen LogP contribution in [0.1, 0.15) is 58.3 Å². The molecule has 1 aliphatic heterocycles. The first-order valence-electron chi connectivity index (χ1n) is 7.81. The Morgan fingerprint density at radius 2 is 1.79 bits per heavy atom. The van der Waals surface area contributed by atoms with Crippen LogP contribution in [0.5, 0.6) is 0 Å². The molecular formula is C15H29NO3. The van der Waals surface area contributed by atoms with Crippen LogP contribution in [0.15, 0.2) is 0 Å². The van der Waals surface area contributed by atoms with Crippen molar-refractivity contribution in [1.29, 1.82) is 0 Å². The van der Waals surface area contributed by atoms with Crippen LogP contribution < -0.4 is 5.32 Å². The van der Waals surface area contributed by atoms with Crippen LogP contribution in [-0.4, -0.2) is 38.4 Å². The average molecular weight is 271 g/mol. The number of carbonyl (C=O) groups is 1. The molecule has 1 heterocycles. The molecule has 19 heavy (non-hydrogen) atoms. The second-order valence-electron chi connectivity index (χ2n) is 5.25. The van der Waals surface area contributed by atoms with Gasteiger partial charge >= 0.3 is 5.97 Å². The zero-order valence-electron chi connectivity index (χ0n) is 12.3. The largest absolute Gasteiger partial charge is 0.464 e. The van der Waals surface area contributed by atoms with Gasteiger partial charge in [0, 0.05) is 0 Å². The van der Waals surface area contributed by atoms with Crippen molar-refractivity contribution in [3.8, 4) is 0 Å². The maximum atomic E-state index is 11.5. The minimum atomic E-state index is -0.216. The van der Waals surface area contributed by atoms with Gasteiger partial charge in [0.25, 0.3) is 0 Å². The Balaban J connectivity index is 1.87. The number of carbonyl (C=O) groups excluding carboxylic acids is 1. The molecule has 1 saturated heterocycles. The maximum absolute atomic E-state index is 11.5. The zero-order chi connectivity index (χ0) is 13.8. The van der Waals surface area contributed by atoms with Crippen molar-refractivity contribution in [2.24, 2.45) is 0 Å². The van der Waals surface area contributed by atoms with Crippen LogP contribution in [-0.2, 0) is 14.3 Å². The van der Waals surface area contributed by atoms with Gasteiger partial charge in [-0.15, -0.1) is 0 Å². The van der Waals surface area contributed by atoms with Crippen molar-refractivity contribution in [2.75, 3.05) is 26.3 Å². The number of nitrogens with one attached hydrogen (secondary N) is 1. The molecule has 0 saturated carbocycles. The molecule has 0 radical (unpaired) electrons. The van der Waals surface area contributed by atoms with E-state index in [0.717, 1.165) is 38.8 Å². The van der Waals surface area contributed by atoms with E-state index >= 15 is 0 Å². The summed E-state index contributed by atoms with van der Waals surface area (Å²) in [5.41, 5.74) is 0. The fourth-order valence-electron chi connectivity index (χ4n) is 2.26. The van der Waals surface area contributed by atoms with Crippen molar-refractivity contribution < 1.29 is 14.3 Å². The third-order valence-corrected chi connectivity index (χ3v) is 3.48. The molecule has 4 nitrogen and oxygen atoms in total. The highest BCUT2D eigenvalue weighted by Gasteiger charge is 2.15. The second-order valence-corrected chi connectivity index (χ2v) is 5.25. The number of hydrogen-bond acceptors (Lipinski definition) is 4. The van der Waals surface area contributed by atoms with Crippen molar-refractivity contribution in [3.05, 3.63) is 0 Å². The second kappa shape index (κ2) is 11.2. The Morgan fingerprint density at radius 3 is 2.53 bits per heavy atom. The van der Waals surface area contributed by atoms with Gasteiger partial charge in [0.2, 0.25) is 0 Å². The van der Waals surface area contributed by atoms with E-state index in [1.165, 1.54) is 25.7 Å². The molecule has 0 spiro atoms. The van der Waals surface area contributed by atoms with E-state index in [-0.39, 0.29) is 18.7 Å². The highest BCUT2D eigenvalue weighted by molar-refractivity contribution is 5.70. The monoisotopic (exact) mass is 271 g/mol. The molecule has 1 rings (SSSR count). The lowest BCUT2D eigenvalue weighted by Gasteiger charge is -2.22. The van der Waals surface area contributed by atoms with E-state index in [9.17, 15) is 4.79 Å². The van der Waals surface area contributed by atoms with E-state index < -0.39 is 0 Å². The minimum absolute atomic E-state index is 0.112. The van der Waals surface area contributed by atoms with Crippen molar-refractivity contribution >= 4 is 5.97 Å². The first-order chi connectivity index (χ1) is 9.33. The topological polar surface area (TPSA) is 47.6 Å². The summed E-state index contributed by atoms with van der Waals surface area (Å²) in [7, 11) is 0. The van der Waals surface area contributed by atoms with Gasteiger partial charge in [0.1, 0.15) is 6.61 Å². The van der Waals surface area contributed by atoms with Crippen LogP contribution in [0.4, 0.5) is 0 Å². The lowest BCUT2D eigenvalue weighted by molar-refractivity contribution is -0.151. The summed E-state index contributed by atoms with van der Waals surface area (Å²) in [5.74, 6) is -0.216. The summed E-state index contributed by atoms with van der Waals surface area (Å²) in [5, 5.41) is 3.27. The lowest BCUT2D eigenvalue weighted by atomic mass is 10.1. The quantitative estimate of drug-likeness (QED) is 0.490. The summed E-state index contributed by atoms with van der Waals surface area (Å²) in [6.45, 7) is 4.83. The molecule has 1 aliphatic rings. The summed E-state index contributed by atoms with van der Waals surface area (Å²) in [6, 6.07) is 0. The van der Waals surface area contributed by atoms with Gasteiger partial charge in [-0.05, 0) is 32.4 Å². The zero-order valence-corrected chi connectivity index (χ0v) is 12.3. The number of piperidine rings is 1. The van der Waals surface area contributed by atoms with Crippen molar-refractivity contribution in [2.45, 2.75) is 64.4 Å². The highest BCUT2D eigenvalue weighted by Crippen LogP contribution is 2.07. The fourth-order valence-corrected chi connectivity index (χ4v) is 2.26. The number of rotatable bonds is 10. The number of ether oxygens (including phenoxy) is 2. The molecule has 0 unspecified atom stereocenters. The Bertz CT molecular complexity index is 227. The summed E-state index contributed by atoms with van der Waals surface area (Å²) in [4.78, 5) is 11.5. The van der Waals surface area contributed by atoms with E-state index in [4.69, 9.17) is 9.47 Å². The Kier molecular flexibility index (Phi) is 9.72. The Hall–Kier alpha value is -0.610. The van der Waals surface area contributed by atoms with E-state index in [1.807, 2.05) is 0 Å². The molecule has 0 aromatic carbocycles. The van der Waals surface area contributed by atoms with Crippen LogP contribution in [0.25, 0.3) is 0 Å². The standard InChI is InChI=1S/C15H29NO3/c1-2-3-4-5-6-7-12-18-15(17)13-19-14-8-10-16-11-9-14/h14,16H,2-13H2,1H3. The van der Waals surface area contributed by atoms with Gasteiger partial charge in [0.15, 0.2) is 0 Å².